The first kappa shape index (κ1) is 27.2. The van der Waals surface area contributed by atoms with Crippen LogP contribution in [0.4, 0.5) is 0 Å². The van der Waals surface area contributed by atoms with Gasteiger partial charge in [-0.25, -0.2) is 15.0 Å². The van der Waals surface area contributed by atoms with Crippen LogP contribution in [0.3, 0.4) is 0 Å². The molecule has 5 heteroatoms. The summed E-state index contributed by atoms with van der Waals surface area (Å²) in [6.45, 7) is 0. The molecule has 2 unspecified atom stereocenters. The van der Waals surface area contributed by atoms with Crippen LogP contribution in [0.25, 0.3) is 81.6 Å². The lowest BCUT2D eigenvalue weighted by atomic mass is 9.83. The van der Waals surface area contributed by atoms with Crippen LogP contribution in [0.1, 0.15) is 5.82 Å². The Hall–Kier alpha value is -5.91. The quantitative estimate of drug-likeness (QED) is 0.193. The van der Waals surface area contributed by atoms with Crippen molar-refractivity contribution in [2.24, 2.45) is 11.8 Å². The first-order valence-corrected chi connectivity index (χ1v) is 17.0. The van der Waals surface area contributed by atoms with E-state index in [2.05, 4.69) is 134 Å². The second-order valence-corrected chi connectivity index (χ2v) is 13.5. The lowest BCUT2D eigenvalue weighted by molar-refractivity contribution is 0.662. The Balaban J connectivity index is 1.14. The van der Waals surface area contributed by atoms with Crippen molar-refractivity contribution in [2.75, 3.05) is 0 Å². The summed E-state index contributed by atoms with van der Waals surface area (Å²) in [6, 6.07) is 38.1. The van der Waals surface area contributed by atoms with E-state index in [9.17, 15) is 0 Å². The molecule has 48 heavy (non-hydrogen) atoms. The van der Waals surface area contributed by atoms with Crippen molar-refractivity contribution in [2.45, 2.75) is 0 Å². The van der Waals surface area contributed by atoms with Gasteiger partial charge < -0.3 is 4.42 Å². The first-order chi connectivity index (χ1) is 23.7. The number of hydrogen-bond acceptors (Lipinski definition) is 5. The summed E-state index contributed by atoms with van der Waals surface area (Å²) in [4.78, 5) is 15.4. The minimum atomic E-state index is 0.280. The van der Waals surface area contributed by atoms with Gasteiger partial charge in [0.1, 0.15) is 11.2 Å². The Bertz CT molecular complexity index is 2710. The van der Waals surface area contributed by atoms with E-state index in [1.54, 1.807) is 11.3 Å². The zero-order chi connectivity index (χ0) is 31.6. The van der Waals surface area contributed by atoms with Gasteiger partial charge >= 0.3 is 0 Å². The van der Waals surface area contributed by atoms with Gasteiger partial charge in [0.25, 0.3) is 0 Å². The average Bonchev–Trinajstić information content (AvgIpc) is 3.72. The van der Waals surface area contributed by atoms with Gasteiger partial charge in [0.05, 0.1) is 0 Å². The predicted octanol–water partition coefficient (Wildman–Crippen LogP) is 11.5. The van der Waals surface area contributed by atoms with E-state index in [-0.39, 0.29) is 5.92 Å². The molecule has 226 valence electrons. The second-order valence-electron chi connectivity index (χ2n) is 12.4. The van der Waals surface area contributed by atoms with Crippen LogP contribution in [0.15, 0.2) is 156 Å². The van der Waals surface area contributed by atoms with E-state index in [0.717, 1.165) is 49.8 Å². The van der Waals surface area contributed by atoms with Crippen LogP contribution in [-0.4, -0.2) is 15.0 Å². The van der Waals surface area contributed by atoms with Crippen LogP contribution in [0, 0.1) is 11.8 Å². The number of fused-ring (bicyclic) bond motifs is 7. The Morgan fingerprint density at radius 2 is 1.23 bits per heavy atom. The van der Waals surface area contributed by atoms with Crippen LogP contribution in [-0.2, 0) is 0 Å². The molecule has 5 aromatic carbocycles. The van der Waals surface area contributed by atoms with Gasteiger partial charge in [-0.1, -0.05) is 121 Å². The molecule has 2 aliphatic carbocycles. The van der Waals surface area contributed by atoms with Gasteiger partial charge in [-0.2, -0.15) is 0 Å². The molecule has 8 aromatic rings. The average molecular weight is 634 g/mol. The van der Waals surface area contributed by atoms with Gasteiger partial charge in [0, 0.05) is 59.5 Å². The minimum Gasteiger partial charge on any atom is -0.456 e. The maximum absolute atomic E-state index is 6.21. The summed E-state index contributed by atoms with van der Waals surface area (Å²) in [5, 5.41) is 4.75. The number of thiophene rings is 1. The Labute approximate surface area is 280 Å². The van der Waals surface area contributed by atoms with Crippen LogP contribution < -0.4 is 0 Å². The highest BCUT2D eigenvalue weighted by atomic mass is 32.1. The standard InChI is InChI=1S/C43H27N3OS/c1-2-10-27-23-30(20-19-26(27)9-1)42-44-41(45-43(46-42)31-21-22-34-33-13-4-6-18-38(33)48-39(34)25-31)29-12-7-11-28(24-29)32-15-8-17-37-40(32)35-14-3-5-16-36(35)47-37/h1-27H. The highest BCUT2D eigenvalue weighted by molar-refractivity contribution is 7.25. The largest absolute Gasteiger partial charge is 0.456 e. The maximum atomic E-state index is 6.21. The van der Waals surface area contributed by atoms with E-state index in [1.165, 1.54) is 20.2 Å². The van der Waals surface area contributed by atoms with E-state index in [1.807, 2.05) is 18.2 Å². The SMILES string of the molecule is C1=CC2C=CC(c3nc(-c4cccc(-c5cccc6oc7ccccc7c56)c4)nc(-c4ccc5c(c4)sc4ccccc45)n3)=CC2C=C1. The van der Waals surface area contributed by atoms with Gasteiger partial charge in [-0.05, 0) is 41.5 Å². The molecular weight excluding hydrogens is 607 g/mol. The molecule has 0 aliphatic heterocycles. The third-order valence-electron chi connectivity index (χ3n) is 9.46. The lowest BCUT2D eigenvalue weighted by Crippen LogP contribution is -2.12. The molecule has 2 aliphatic rings. The number of para-hydroxylation sites is 1. The molecule has 3 aromatic heterocycles. The fraction of sp³-hybridized carbons (Fsp3) is 0.0465. The fourth-order valence-corrected chi connectivity index (χ4v) is 8.24. The van der Waals surface area contributed by atoms with Crippen molar-refractivity contribution in [1.82, 2.24) is 15.0 Å². The van der Waals surface area contributed by atoms with E-state index in [0.29, 0.717) is 23.4 Å². The molecule has 0 bridgehead atoms. The summed E-state index contributed by atoms with van der Waals surface area (Å²) in [6.07, 6.45) is 15.4. The van der Waals surface area contributed by atoms with E-state index in [4.69, 9.17) is 19.4 Å². The smallest absolute Gasteiger partial charge is 0.164 e. The third kappa shape index (κ3) is 4.47. The number of benzene rings is 5. The molecule has 0 amide bonds. The second kappa shape index (κ2) is 10.8. The normalized spacial score (nSPS) is 17.0. The molecular formula is C43H27N3OS. The lowest BCUT2D eigenvalue weighted by Gasteiger charge is -2.22. The van der Waals surface area contributed by atoms with E-state index < -0.39 is 0 Å². The number of nitrogens with zero attached hydrogens (tertiary/aromatic N) is 3. The summed E-state index contributed by atoms with van der Waals surface area (Å²) in [5.41, 5.74) is 6.88. The summed E-state index contributed by atoms with van der Waals surface area (Å²) < 4.78 is 8.71. The molecule has 0 saturated heterocycles. The summed E-state index contributed by atoms with van der Waals surface area (Å²) >= 11 is 1.80. The van der Waals surface area contributed by atoms with E-state index >= 15 is 0 Å². The Kier molecular flexibility index (Phi) is 6.14. The zero-order valence-corrected chi connectivity index (χ0v) is 26.6. The van der Waals surface area contributed by atoms with Crippen LogP contribution in [0.5, 0.6) is 0 Å². The monoisotopic (exact) mass is 633 g/mol. The van der Waals surface area contributed by atoms with Crippen molar-refractivity contribution >= 4 is 59.0 Å². The van der Waals surface area contributed by atoms with Crippen LogP contribution in [0.2, 0.25) is 0 Å². The van der Waals surface area contributed by atoms with Crippen LogP contribution >= 0.6 is 11.3 Å². The van der Waals surface area contributed by atoms with Crippen molar-refractivity contribution in [3.05, 3.63) is 158 Å². The highest BCUT2D eigenvalue weighted by Crippen LogP contribution is 2.39. The molecule has 4 nitrogen and oxygen atoms in total. The Morgan fingerprint density at radius 1 is 0.521 bits per heavy atom. The highest BCUT2D eigenvalue weighted by Gasteiger charge is 2.22. The van der Waals surface area contributed by atoms with Crippen molar-refractivity contribution < 1.29 is 4.42 Å². The predicted molar refractivity (Wildman–Crippen MR) is 199 cm³/mol. The molecule has 10 rings (SSSR count). The molecule has 0 N–H and O–H groups in total. The van der Waals surface area contributed by atoms with Gasteiger partial charge in [0.2, 0.25) is 0 Å². The minimum absolute atomic E-state index is 0.280. The maximum Gasteiger partial charge on any atom is 0.164 e. The molecule has 0 saturated carbocycles. The van der Waals surface area contributed by atoms with Crippen molar-refractivity contribution in [3.63, 3.8) is 0 Å². The molecule has 0 fully saturated rings. The Morgan fingerprint density at radius 3 is 2.15 bits per heavy atom. The topological polar surface area (TPSA) is 51.8 Å². The number of furan rings is 1. The van der Waals surface area contributed by atoms with Gasteiger partial charge in [-0.3, -0.25) is 0 Å². The number of hydrogen-bond donors (Lipinski definition) is 0. The first-order valence-electron chi connectivity index (χ1n) is 16.2. The molecule has 2 atom stereocenters. The summed E-state index contributed by atoms with van der Waals surface area (Å²) in [5.74, 6) is 2.62. The van der Waals surface area contributed by atoms with Crippen molar-refractivity contribution in [1.29, 1.82) is 0 Å². The van der Waals surface area contributed by atoms with Gasteiger partial charge in [-0.15, -0.1) is 11.3 Å². The number of rotatable bonds is 4. The third-order valence-corrected chi connectivity index (χ3v) is 10.6. The molecule has 0 radical (unpaired) electrons. The summed E-state index contributed by atoms with van der Waals surface area (Å²) in [7, 11) is 0. The molecule has 3 heterocycles. The fourth-order valence-electron chi connectivity index (χ4n) is 7.10. The molecule has 0 spiro atoms. The number of allylic oxidation sites excluding steroid dienone is 8. The van der Waals surface area contributed by atoms with Crippen molar-refractivity contribution in [3.8, 4) is 33.9 Å². The number of aromatic nitrogens is 3. The van der Waals surface area contributed by atoms with Gasteiger partial charge in [0.15, 0.2) is 17.5 Å². The zero-order valence-electron chi connectivity index (χ0n) is 25.7.